The van der Waals surface area contributed by atoms with Gasteiger partial charge in [0.05, 0.1) is 16.1 Å². The van der Waals surface area contributed by atoms with Crippen molar-refractivity contribution in [3.8, 4) is 11.4 Å². The smallest absolute Gasteiger partial charge is 0.332 e. The fraction of sp³-hybridized carbons (Fsp3) is 0.214. The second-order valence-corrected chi connectivity index (χ2v) is 5.29. The number of carbonyl (C=O) groups is 1. The molecular formula is C14H13Cl2N3O2. The summed E-state index contributed by atoms with van der Waals surface area (Å²) in [7, 11) is 0. The van der Waals surface area contributed by atoms with Gasteiger partial charge in [-0.05, 0) is 32.0 Å². The van der Waals surface area contributed by atoms with E-state index >= 15 is 0 Å². The van der Waals surface area contributed by atoms with Crippen molar-refractivity contribution in [2.45, 2.75) is 20.0 Å². The van der Waals surface area contributed by atoms with Gasteiger partial charge in [-0.3, -0.25) is 0 Å². The van der Waals surface area contributed by atoms with E-state index in [9.17, 15) is 4.79 Å². The van der Waals surface area contributed by atoms with Crippen molar-refractivity contribution in [2.75, 3.05) is 0 Å². The number of carbonyl (C=O) groups excluding carboxylic acids is 1. The number of ether oxygens (including phenoxy) is 1. The largest absolute Gasteiger partial charge is 0.460 e. The van der Waals surface area contributed by atoms with Gasteiger partial charge < -0.3 is 4.74 Å². The van der Waals surface area contributed by atoms with Crippen LogP contribution in [0.25, 0.3) is 17.6 Å². The maximum Gasteiger partial charge on any atom is 0.332 e. The van der Waals surface area contributed by atoms with E-state index in [-0.39, 0.29) is 6.10 Å². The van der Waals surface area contributed by atoms with E-state index in [0.29, 0.717) is 15.9 Å². The highest BCUT2D eigenvalue weighted by Gasteiger charge is 2.06. The Kier molecular flexibility index (Phi) is 4.98. The molecule has 0 saturated heterocycles. The number of benzene rings is 1. The van der Waals surface area contributed by atoms with E-state index in [4.69, 9.17) is 27.9 Å². The fourth-order valence-electron chi connectivity index (χ4n) is 1.52. The van der Waals surface area contributed by atoms with Gasteiger partial charge in [-0.15, -0.1) is 5.10 Å². The van der Waals surface area contributed by atoms with Gasteiger partial charge in [-0.25, -0.2) is 14.5 Å². The minimum absolute atomic E-state index is 0.162. The summed E-state index contributed by atoms with van der Waals surface area (Å²) in [6, 6.07) is 5.13. The molecular weight excluding hydrogens is 313 g/mol. The third kappa shape index (κ3) is 4.31. The van der Waals surface area contributed by atoms with Crippen molar-refractivity contribution in [3.05, 3.63) is 40.6 Å². The second kappa shape index (κ2) is 6.74. The van der Waals surface area contributed by atoms with E-state index in [1.165, 1.54) is 23.3 Å². The third-order valence-electron chi connectivity index (χ3n) is 2.40. The standard InChI is InChI=1S/C14H13Cl2N3O2/c1-9(2)21-13(20)5-6-19-8-17-14(18-19)10-3-4-11(15)12(16)7-10/h3-9H,1-2H3. The van der Waals surface area contributed by atoms with E-state index < -0.39 is 5.97 Å². The molecule has 7 heteroatoms. The lowest BCUT2D eigenvalue weighted by Crippen LogP contribution is -2.08. The van der Waals surface area contributed by atoms with Gasteiger partial charge in [0.15, 0.2) is 5.82 Å². The van der Waals surface area contributed by atoms with Crippen molar-refractivity contribution in [1.82, 2.24) is 14.8 Å². The van der Waals surface area contributed by atoms with Crippen LogP contribution in [-0.2, 0) is 9.53 Å². The topological polar surface area (TPSA) is 57.0 Å². The van der Waals surface area contributed by atoms with Gasteiger partial charge in [0.1, 0.15) is 6.33 Å². The molecule has 1 heterocycles. The Hall–Kier alpha value is -1.85. The summed E-state index contributed by atoms with van der Waals surface area (Å²) in [6.07, 6.45) is 4.08. The molecule has 5 nitrogen and oxygen atoms in total. The van der Waals surface area contributed by atoms with E-state index in [2.05, 4.69) is 10.1 Å². The third-order valence-corrected chi connectivity index (χ3v) is 3.14. The molecule has 0 N–H and O–H groups in total. The predicted molar refractivity (Wildman–Crippen MR) is 82.0 cm³/mol. The summed E-state index contributed by atoms with van der Waals surface area (Å²) in [6.45, 7) is 3.56. The average Bonchev–Trinajstić information content (AvgIpc) is 2.88. The maximum atomic E-state index is 11.4. The van der Waals surface area contributed by atoms with Crippen LogP contribution in [0.1, 0.15) is 13.8 Å². The summed E-state index contributed by atoms with van der Waals surface area (Å²) in [5.41, 5.74) is 0.737. The number of hydrogen-bond acceptors (Lipinski definition) is 4. The molecule has 0 fully saturated rings. The molecule has 1 aromatic carbocycles. The fourth-order valence-corrected chi connectivity index (χ4v) is 1.82. The first-order valence-electron chi connectivity index (χ1n) is 6.21. The van der Waals surface area contributed by atoms with Crippen molar-refractivity contribution < 1.29 is 9.53 Å². The van der Waals surface area contributed by atoms with Crippen molar-refractivity contribution in [1.29, 1.82) is 0 Å². The lowest BCUT2D eigenvalue weighted by Gasteiger charge is -2.03. The zero-order valence-corrected chi connectivity index (χ0v) is 13.0. The molecule has 110 valence electrons. The van der Waals surface area contributed by atoms with Crippen molar-refractivity contribution >= 4 is 35.4 Å². The summed E-state index contributed by atoms with van der Waals surface area (Å²) in [4.78, 5) is 15.5. The lowest BCUT2D eigenvalue weighted by atomic mass is 10.2. The first-order valence-corrected chi connectivity index (χ1v) is 6.96. The number of rotatable bonds is 4. The highest BCUT2D eigenvalue weighted by Crippen LogP contribution is 2.26. The number of nitrogens with zero attached hydrogens (tertiary/aromatic N) is 3. The van der Waals surface area contributed by atoms with Gasteiger partial charge in [-0.2, -0.15) is 0 Å². The van der Waals surface area contributed by atoms with Gasteiger partial charge in [-0.1, -0.05) is 23.2 Å². The number of esters is 1. The molecule has 0 aliphatic rings. The van der Waals surface area contributed by atoms with Gasteiger partial charge >= 0.3 is 5.97 Å². The van der Waals surface area contributed by atoms with Crippen LogP contribution < -0.4 is 0 Å². The molecule has 0 unspecified atom stereocenters. The molecule has 2 rings (SSSR count). The monoisotopic (exact) mass is 325 g/mol. The molecule has 0 aliphatic heterocycles. The van der Waals surface area contributed by atoms with Crippen LogP contribution in [-0.4, -0.2) is 26.8 Å². The van der Waals surface area contributed by atoms with Crippen LogP contribution in [0, 0.1) is 0 Å². The first kappa shape index (κ1) is 15.5. The molecule has 0 bridgehead atoms. The van der Waals surface area contributed by atoms with Gasteiger partial charge in [0, 0.05) is 17.8 Å². The minimum Gasteiger partial charge on any atom is -0.460 e. The normalized spacial score (nSPS) is 11.3. The summed E-state index contributed by atoms with van der Waals surface area (Å²) >= 11 is 11.8. The maximum absolute atomic E-state index is 11.4. The molecule has 1 aromatic heterocycles. The molecule has 2 aromatic rings. The average molecular weight is 326 g/mol. The summed E-state index contributed by atoms with van der Waals surface area (Å²) < 4.78 is 6.39. The van der Waals surface area contributed by atoms with Crippen molar-refractivity contribution in [2.24, 2.45) is 0 Å². The Morgan fingerprint density at radius 2 is 2.10 bits per heavy atom. The van der Waals surface area contributed by atoms with Gasteiger partial charge in [0.25, 0.3) is 0 Å². The zero-order valence-electron chi connectivity index (χ0n) is 11.5. The minimum atomic E-state index is -0.434. The highest BCUT2D eigenvalue weighted by molar-refractivity contribution is 6.42. The van der Waals surface area contributed by atoms with Crippen LogP contribution in [0.2, 0.25) is 10.0 Å². The number of halogens is 2. The Morgan fingerprint density at radius 1 is 1.33 bits per heavy atom. The Morgan fingerprint density at radius 3 is 2.76 bits per heavy atom. The zero-order chi connectivity index (χ0) is 15.4. The molecule has 0 spiro atoms. The first-order chi connectivity index (χ1) is 9.95. The molecule has 21 heavy (non-hydrogen) atoms. The van der Waals surface area contributed by atoms with E-state index in [1.807, 2.05) is 0 Å². The van der Waals surface area contributed by atoms with Crippen LogP contribution in [0.15, 0.2) is 30.6 Å². The second-order valence-electron chi connectivity index (χ2n) is 4.48. The molecule has 0 saturated carbocycles. The molecule has 0 amide bonds. The molecule has 0 atom stereocenters. The molecule has 0 radical (unpaired) electrons. The highest BCUT2D eigenvalue weighted by atomic mass is 35.5. The van der Waals surface area contributed by atoms with Gasteiger partial charge in [0.2, 0.25) is 0 Å². The van der Waals surface area contributed by atoms with Crippen LogP contribution in [0.3, 0.4) is 0 Å². The van der Waals surface area contributed by atoms with E-state index in [0.717, 1.165) is 5.56 Å². The Balaban J connectivity index is 2.12. The number of hydrogen-bond donors (Lipinski definition) is 0. The lowest BCUT2D eigenvalue weighted by molar-refractivity contribution is -0.141. The van der Waals surface area contributed by atoms with Crippen LogP contribution in [0.4, 0.5) is 0 Å². The Bertz CT molecular complexity index is 681. The molecule has 0 aliphatic carbocycles. The quantitative estimate of drug-likeness (QED) is 0.635. The summed E-state index contributed by atoms with van der Waals surface area (Å²) in [5, 5.41) is 5.11. The number of aromatic nitrogens is 3. The SMILES string of the molecule is CC(C)OC(=O)C=Cn1cnc(-c2ccc(Cl)c(Cl)c2)n1. The van der Waals surface area contributed by atoms with Crippen molar-refractivity contribution in [3.63, 3.8) is 0 Å². The van der Waals surface area contributed by atoms with E-state index in [1.54, 1.807) is 32.0 Å². The Labute approximate surface area is 132 Å². The van der Waals surface area contributed by atoms with Crippen LogP contribution >= 0.6 is 23.2 Å². The summed E-state index contributed by atoms with van der Waals surface area (Å²) in [5.74, 6) is 0.0482. The van der Waals surface area contributed by atoms with Crippen LogP contribution in [0.5, 0.6) is 0 Å². The predicted octanol–water partition coefficient (Wildman–Crippen LogP) is 3.67.